The van der Waals surface area contributed by atoms with E-state index >= 15 is 0 Å². The molecule has 1 aliphatic rings. The maximum Gasteiger partial charge on any atom is 0.296 e. The van der Waals surface area contributed by atoms with Crippen molar-refractivity contribution in [1.82, 2.24) is 4.98 Å². The number of carbonyl (C=O) groups excluding carboxylic acids is 2. The molecule has 2 aromatic heterocycles. The van der Waals surface area contributed by atoms with Crippen LogP contribution < -0.4 is 19.1 Å². The molecule has 190 valence electrons. The number of anilines is 1. The average molecular weight is 525 g/mol. The molecule has 0 bridgehead atoms. The Morgan fingerprint density at radius 1 is 1.08 bits per heavy atom. The minimum atomic E-state index is -1.13. The standard InChI is InChI=1S/C26H21FN2O7S/c1-12-5-8-16(36-12)22(30)20-21(13-9-17(33-2)24(35-4)18(10-13)34-3)29(25(32)23(20)31)26-28-15-7-6-14(27)11-19(15)37-26/h5-11,21,31H,1-4H3/t21-/m1/s1. The van der Waals surface area contributed by atoms with Gasteiger partial charge in [-0.05, 0) is 55.0 Å². The van der Waals surface area contributed by atoms with Crippen molar-refractivity contribution >= 4 is 38.4 Å². The largest absolute Gasteiger partial charge is 0.503 e. The van der Waals surface area contributed by atoms with Crippen molar-refractivity contribution in [3.63, 3.8) is 0 Å². The molecule has 3 heterocycles. The summed E-state index contributed by atoms with van der Waals surface area (Å²) in [5.41, 5.74) is 0.627. The van der Waals surface area contributed by atoms with Gasteiger partial charge in [0.25, 0.3) is 5.91 Å². The highest BCUT2D eigenvalue weighted by Gasteiger charge is 2.47. The van der Waals surface area contributed by atoms with E-state index in [-0.39, 0.29) is 28.0 Å². The van der Waals surface area contributed by atoms with E-state index in [9.17, 15) is 19.1 Å². The molecular weight excluding hydrogens is 503 g/mol. The van der Waals surface area contributed by atoms with Gasteiger partial charge in [0.1, 0.15) is 11.6 Å². The number of carbonyl (C=O) groups is 2. The summed E-state index contributed by atoms with van der Waals surface area (Å²) in [5, 5.41) is 11.1. The molecule has 9 nitrogen and oxygen atoms in total. The zero-order valence-corrected chi connectivity index (χ0v) is 21.0. The van der Waals surface area contributed by atoms with Crippen molar-refractivity contribution in [2.45, 2.75) is 13.0 Å². The van der Waals surface area contributed by atoms with Gasteiger partial charge in [-0.1, -0.05) is 11.3 Å². The predicted octanol–water partition coefficient (Wildman–Crippen LogP) is 5.15. The minimum Gasteiger partial charge on any atom is -0.503 e. The fourth-order valence-electron chi connectivity index (χ4n) is 4.29. The van der Waals surface area contributed by atoms with Crippen LogP contribution in [0.3, 0.4) is 0 Å². The number of aliphatic hydroxyl groups is 1. The lowest BCUT2D eigenvalue weighted by Crippen LogP contribution is -2.31. The number of furan rings is 1. The van der Waals surface area contributed by atoms with Gasteiger partial charge < -0.3 is 23.7 Å². The van der Waals surface area contributed by atoms with Crippen LogP contribution in [0.25, 0.3) is 10.2 Å². The van der Waals surface area contributed by atoms with Crippen LogP contribution in [0.15, 0.2) is 58.2 Å². The number of nitrogens with zero attached hydrogens (tertiary/aromatic N) is 2. The lowest BCUT2D eigenvalue weighted by molar-refractivity contribution is -0.117. The smallest absolute Gasteiger partial charge is 0.296 e. The van der Waals surface area contributed by atoms with E-state index < -0.39 is 29.3 Å². The number of rotatable bonds is 7. The third-order valence-electron chi connectivity index (χ3n) is 5.96. The molecule has 1 N–H and O–H groups in total. The summed E-state index contributed by atoms with van der Waals surface area (Å²) in [6.07, 6.45) is 0. The predicted molar refractivity (Wildman–Crippen MR) is 133 cm³/mol. The molecule has 1 atom stereocenters. The first-order chi connectivity index (χ1) is 17.8. The van der Waals surface area contributed by atoms with Gasteiger partial charge in [-0.25, -0.2) is 9.37 Å². The van der Waals surface area contributed by atoms with E-state index in [1.54, 1.807) is 25.1 Å². The lowest BCUT2D eigenvalue weighted by Gasteiger charge is -2.25. The number of ether oxygens (including phenoxy) is 3. The molecule has 1 aliphatic heterocycles. The fourth-order valence-corrected chi connectivity index (χ4v) is 5.30. The first kappa shape index (κ1) is 24.3. The molecule has 0 fully saturated rings. The van der Waals surface area contributed by atoms with E-state index in [0.717, 1.165) is 11.3 Å². The quantitative estimate of drug-likeness (QED) is 0.331. The molecule has 4 aromatic rings. The number of aryl methyl sites for hydroxylation is 1. The Kier molecular flexibility index (Phi) is 6.08. The van der Waals surface area contributed by atoms with Gasteiger partial charge in [0.2, 0.25) is 11.5 Å². The average Bonchev–Trinajstić information content (AvgIpc) is 3.58. The van der Waals surface area contributed by atoms with Crippen LogP contribution >= 0.6 is 11.3 Å². The van der Waals surface area contributed by atoms with Gasteiger partial charge in [-0.15, -0.1) is 0 Å². The van der Waals surface area contributed by atoms with Crippen LogP contribution in [-0.2, 0) is 4.79 Å². The van der Waals surface area contributed by atoms with Crippen molar-refractivity contribution < 1.29 is 37.7 Å². The molecular formula is C26H21FN2O7S. The van der Waals surface area contributed by atoms with Crippen molar-refractivity contribution in [1.29, 1.82) is 0 Å². The number of ketones is 1. The van der Waals surface area contributed by atoms with E-state index in [2.05, 4.69) is 4.98 Å². The molecule has 0 radical (unpaired) electrons. The van der Waals surface area contributed by atoms with E-state index in [0.29, 0.717) is 27.3 Å². The first-order valence-corrected chi connectivity index (χ1v) is 11.8. The summed E-state index contributed by atoms with van der Waals surface area (Å²) in [4.78, 5) is 32.7. The summed E-state index contributed by atoms with van der Waals surface area (Å²) in [5.74, 6) is -1.41. The highest BCUT2D eigenvalue weighted by molar-refractivity contribution is 7.22. The number of Topliss-reactive ketones (excluding diaryl/α,β-unsaturated/α-hetero) is 1. The summed E-state index contributed by atoms with van der Waals surface area (Å²) in [7, 11) is 4.32. The van der Waals surface area contributed by atoms with Crippen molar-refractivity contribution in [3.05, 3.63) is 76.7 Å². The van der Waals surface area contributed by atoms with Crippen LogP contribution in [0.4, 0.5) is 9.52 Å². The molecule has 0 saturated carbocycles. The molecule has 0 aliphatic carbocycles. The Balaban J connectivity index is 1.74. The summed E-state index contributed by atoms with van der Waals surface area (Å²) >= 11 is 1.05. The Morgan fingerprint density at radius 3 is 2.38 bits per heavy atom. The molecule has 0 saturated heterocycles. The van der Waals surface area contributed by atoms with Crippen LogP contribution in [0.2, 0.25) is 0 Å². The minimum absolute atomic E-state index is 0.0440. The Morgan fingerprint density at radius 2 is 1.78 bits per heavy atom. The number of methoxy groups -OCH3 is 3. The number of thiazole rings is 1. The zero-order valence-electron chi connectivity index (χ0n) is 20.2. The molecule has 37 heavy (non-hydrogen) atoms. The molecule has 0 spiro atoms. The van der Waals surface area contributed by atoms with Crippen LogP contribution in [0, 0.1) is 12.7 Å². The summed E-state index contributed by atoms with van der Waals surface area (Å²) in [6, 6.07) is 9.16. The van der Waals surface area contributed by atoms with Crippen LogP contribution in [0.5, 0.6) is 17.2 Å². The summed E-state index contributed by atoms with van der Waals surface area (Å²) < 4.78 is 36.2. The Hall–Kier alpha value is -4.38. The van der Waals surface area contributed by atoms with Gasteiger partial charge >= 0.3 is 0 Å². The number of halogens is 1. The molecule has 0 unspecified atom stereocenters. The highest BCUT2D eigenvalue weighted by atomic mass is 32.1. The lowest BCUT2D eigenvalue weighted by atomic mass is 9.94. The molecule has 2 aromatic carbocycles. The highest BCUT2D eigenvalue weighted by Crippen LogP contribution is 2.48. The number of amides is 1. The maximum absolute atomic E-state index is 13.9. The molecule has 5 rings (SSSR count). The van der Waals surface area contributed by atoms with E-state index in [1.807, 2.05) is 0 Å². The summed E-state index contributed by atoms with van der Waals surface area (Å²) in [6.45, 7) is 1.67. The monoisotopic (exact) mass is 524 g/mol. The van der Waals surface area contributed by atoms with Crippen molar-refractivity contribution in [3.8, 4) is 17.2 Å². The number of aliphatic hydroxyl groups excluding tert-OH is 1. The second-order valence-electron chi connectivity index (χ2n) is 8.15. The van der Waals surface area contributed by atoms with Crippen LogP contribution in [-0.4, -0.2) is 43.1 Å². The van der Waals surface area contributed by atoms with Gasteiger partial charge in [-0.2, -0.15) is 0 Å². The SMILES string of the molecule is COc1cc([C@@H]2C(C(=O)c3ccc(C)o3)=C(O)C(=O)N2c2nc3ccc(F)cc3s2)cc(OC)c1OC. The molecule has 11 heteroatoms. The third kappa shape index (κ3) is 3.97. The normalized spacial score (nSPS) is 15.5. The van der Waals surface area contributed by atoms with Gasteiger partial charge in [0, 0.05) is 0 Å². The number of fused-ring (bicyclic) bond motifs is 1. The number of aromatic nitrogens is 1. The number of hydrogen-bond donors (Lipinski definition) is 1. The third-order valence-corrected chi connectivity index (χ3v) is 6.98. The second kappa shape index (κ2) is 9.25. The van der Waals surface area contributed by atoms with Crippen molar-refractivity contribution in [2.75, 3.05) is 26.2 Å². The maximum atomic E-state index is 13.9. The topological polar surface area (TPSA) is 111 Å². The fraction of sp³-hybridized carbons (Fsp3) is 0.192. The van der Waals surface area contributed by atoms with Crippen LogP contribution in [0.1, 0.15) is 27.9 Å². The second-order valence-corrected chi connectivity index (χ2v) is 9.16. The Bertz CT molecular complexity index is 1560. The Labute approximate surface area is 214 Å². The van der Waals surface area contributed by atoms with Gasteiger partial charge in [-0.3, -0.25) is 14.5 Å². The number of hydrogen-bond acceptors (Lipinski definition) is 9. The van der Waals surface area contributed by atoms with Gasteiger partial charge in [0.15, 0.2) is 28.1 Å². The first-order valence-electron chi connectivity index (χ1n) is 11.0. The number of benzene rings is 2. The van der Waals surface area contributed by atoms with Crippen molar-refractivity contribution in [2.24, 2.45) is 0 Å². The van der Waals surface area contributed by atoms with E-state index in [1.165, 1.54) is 50.5 Å². The zero-order chi connectivity index (χ0) is 26.4. The molecule has 1 amide bonds. The van der Waals surface area contributed by atoms with E-state index in [4.69, 9.17) is 18.6 Å². The van der Waals surface area contributed by atoms with Gasteiger partial charge in [0.05, 0.1) is 43.2 Å².